The van der Waals surface area contributed by atoms with Gasteiger partial charge in [-0.15, -0.1) is 0 Å². The number of nitrogens with zero attached hydrogens (tertiary/aromatic N) is 2. The Bertz CT molecular complexity index is 1380. The number of rotatable bonds is 11. The molecule has 39 heavy (non-hydrogen) atoms. The standard InChI is InChI=1S/C31H33FN2O4.Ca.2H/c1-31(2,3)28-18-29(38-21-23-7-5-4-6-8-23)34(33-28)19-22-9-11-24(12-10-22)20-37-26-15-13-25(27(32)17-26)14-16-30(35)36;;;/h4-13,15,17-18H,14,16,19-21H2,1-3H3,(H,35,36);;;/q;+2;2*-1. The number of carboxylic acid groups (broad SMARTS) is 1. The van der Waals surface area contributed by atoms with E-state index in [0.29, 0.717) is 24.5 Å². The minimum absolute atomic E-state index is 0. The van der Waals surface area contributed by atoms with Crippen molar-refractivity contribution >= 4 is 43.7 Å². The van der Waals surface area contributed by atoms with Gasteiger partial charge in [-0.25, -0.2) is 9.07 Å². The molecule has 3 aromatic carbocycles. The first kappa shape index (κ1) is 30.7. The summed E-state index contributed by atoms with van der Waals surface area (Å²) in [6.45, 7) is 7.70. The van der Waals surface area contributed by atoms with Gasteiger partial charge in [-0.1, -0.05) is 81.4 Å². The van der Waals surface area contributed by atoms with Crippen molar-refractivity contribution in [2.75, 3.05) is 0 Å². The van der Waals surface area contributed by atoms with E-state index in [1.54, 1.807) is 12.1 Å². The number of aliphatic carboxylic acids is 1. The van der Waals surface area contributed by atoms with Crippen molar-refractivity contribution in [3.63, 3.8) is 0 Å². The number of halogens is 1. The maximum atomic E-state index is 14.3. The van der Waals surface area contributed by atoms with Gasteiger partial charge >= 0.3 is 43.7 Å². The second kappa shape index (κ2) is 14.0. The predicted octanol–water partition coefficient (Wildman–Crippen LogP) is 6.39. The van der Waals surface area contributed by atoms with E-state index in [1.807, 2.05) is 65.3 Å². The molecule has 0 atom stereocenters. The van der Waals surface area contributed by atoms with Gasteiger partial charge in [0.25, 0.3) is 0 Å². The van der Waals surface area contributed by atoms with Crippen LogP contribution < -0.4 is 9.47 Å². The van der Waals surface area contributed by atoms with Crippen LogP contribution in [0.1, 0.15) is 58.0 Å². The summed E-state index contributed by atoms with van der Waals surface area (Å²) in [6, 6.07) is 24.6. The third-order valence-corrected chi connectivity index (χ3v) is 6.13. The summed E-state index contributed by atoms with van der Waals surface area (Å²) in [5.41, 5.74) is 4.33. The Labute approximate surface area is 261 Å². The van der Waals surface area contributed by atoms with Crippen LogP contribution in [0, 0.1) is 5.82 Å². The SMILES string of the molecule is CC(C)(C)c1cc(OCc2ccccc2)n(Cc2ccc(COc3ccc(CCC(=O)O)c(F)c3)cc2)n1.[Ca+2].[H-].[H-]. The predicted molar refractivity (Wildman–Crippen MR) is 152 cm³/mol. The summed E-state index contributed by atoms with van der Waals surface area (Å²) >= 11 is 0. The van der Waals surface area contributed by atoms with E-state index < -0.39 is 11.8 Å². The molecule has 0 saturated heterocycles. The van der Waals surface area contributed by atoms with Crippen LogP contribution in [0.3, 0.4) is 0 Å². The number of carboxylic acids is 1. The largest absolute Gasteiger partial charge is 2.00 e. The monoisotopic (exact) mass is 558 g/mol. The summed E-state index contributed by atoms with van der Waals surface area (Å²) in [5.74, 6) is -0.290. The molecule has 0 aliphatic carbocycles. The van der Waals surface area contributed by atoms with E-state index in [0.717, 1.165) is 28.3 Å². The molecule has 0 radical (unpaired) electrons. The quantitative estimate of drug-likeness (QED) is 0.216. The molecular weight excluding hydrogens is 523 g/mol. The first-order valence-corrected chi connectivity index (χ1v) is 12.6. The molecule has 0 aliphatic rings. The molecule has 0 fully saturated rings. The summed E-state index contributed by atoms with van der Waals surface area (Å²) in [6.07, 6.45) is 0.0373. The molecular formula is C31H35CaFN2O4. The Kier molecular flexibility index (Phi) is 11.0. The minimum Gasteiger partial charge on any atom is -1.00 e. The van der Waals surface area contributed by atoms with Gasteiger partial charge in [-0.3, -0.25) is 4.79 Å². The van der Waals surface area contributed by atoms with Crippen molar-refractivity contribution in [2.45, 2.75) is 58.8 Å². The number of aryl methyl sites for hydroxylation is 1. The topological polar surface area (TPSA) is 73.6 Å². The van der Waals surface area contributed by atoms with E-state index in [1.165, 1.54) is 6.07 Å². The fourth-order valence-corrected chi connectivity index (χ4v) is 3.87. The van der Waals surface area contributed by atoms with E-state index >= 15 is 0 Å². The Morgan fingerprint density at radius 3 is 2.21 bits per heavy atom. The first-order chi connectivity index (χ1) is 18.2. The summed E-state index contributed by atoms with van der Waals surface area (Å²) in [5, 5.41) is 13.6. The van der Waals surface area contributed by atoms with Crippen LogP contribution in [0.4, 0.5) is 4.39 Å². The average Bonchev–Trinajstić information content (AvgIpc) is 3.30. The zero-order valence-electron chi connectivity index (χ0n) is 24.7. The van der Waals surface area contributed by atoms with Crippen molar-refractivity contribution in [3.8, 4) is 11.6 Å². The summed E-state index contributed by atoms with van der Waals surface area (Å²) in [4.78, 5) is 10.7. The molecule has 4 rings (SSSR count). The molecule has 4 aromatic rings. The average molecular weight is 559 g/mol. The van der Waals surface area contributed by atoms with Gasteiger partial charge in [0, 0.05) is 24.0 Å². The van der Waals surface area contributed by atoms with Crippen LogP contribution in [0.2, 0.25) is 0 Å². The Balaban J connectivity index is 0.00000280. The van der Waals surface area contributed by atoms with Crippen LogP contribution in [-0.2, 0) is 36.4 Å². The van der Waals surface area contributed by atoms with E-state index in [2.05, 4.69) is 20.8 Å². The van der Waals surface area contributed by atoms with Gasteiger partial charge in [0.15, 0.2) is 0 Å². The third kappa shape index (κ3) is 9.09. The fraction of sp³-hybridized carbons (Fsp3) is 0.290. The van der Waals surface area contributed by atoms with E-state index in [-0.39, 0.29) is 65.5 Å². The Morgan fingerprint density at radius 1 is 0.923 bits per heavy atom. The first-order valence-electron chi connectivity index (χ1n) is 12.6. The number of ether oxygens (including phenoxy) is 2. The Hall–Kier alpha value is -2.87. The summed E-state index contributed by atoms with van der Waals surface area (Å²) < 4.78 is 28.0. The van der Waals surface area contributed by atoms with Gasteiger partial charge in [0.1, 0.15) is 24.8 Å². The zero-order valence-corrected chi connectivity index (χ0v) is 24.9. The van der Waals surface area contributed by atoms with Crippen molar-refractivity contribution in [3.05, 3.63) is 113 Å². The molecule has 6 nitrogen and oxygen atoms in total. The van der Waals surface area contributed by atoms with Crippen molar-refractivity contribution in [1.82, 2.24) is 9.78 Å². The van der Waals surface area contributed by atoms with Gasteiger partial charge in [0.2, 0.25) is 5.88 Å². The molecule has 0 amide bonds. The second-order valence-electron chi connectivity index (χ2n) is 10.3. The van der Waals surface area contributed by atoms with Crippen LogP contribution in [-0.4, -0.2) is 58.6 Å². The normalized spacial score (nSPS) is 11.1. The molecule has 0 bridgehead atoms. The van der Waals surface area contributed by atoms with E-state index in [4.69, 9.17) is 19.7 Å². The van der Waals surface area contributed by atoms with Gasteiger partial charge < -0.3 is 17.4 Å². The third-order valence-electron chi connectivity index (χ3n) is 6.13. The van der Waals surface area contributed by atoms with Crippen molar-refractivity contribution in [2.24, 2.45) is 0 Å². The van der Waals surface area contributed by atoms with Crippen LogP contribution in [0.5, 0.6) is 11.6 Å². The molecule has 1 N–H and O–H groups in total. The molecule has 0 spiro atoms. The number of carbonyl (C=O) groups is 1. The maximum absolute atomic E-state index is 14.3. The number of benzene rings is 3. The van der Waals surface area contributed by atoms with Crippen LogP contribution >= 0.6 is 0 Å². The molecule has 0 aliphatic heterocycles. The van der Waals surface area contributed by atoms with Crippen LogP contribution in [0.25, 0.3) is 0 Å². The molecule has 1 aromatic heterocycles. The molecule has 1 heterocycles. The maximum Gasteiger partial charge on any atom is 2.00 e. The fourth-order valence-electron chi connectivity index (χ4n) is 3.87. The number of hydrogen-bond acceptors (Lipinski definition) is 4. The molecule has 0 unspecified atom stereocenters. The second-order valence-corrected chi connectivity index (χ2v) is 10.3. The smallest absolute Gasteiger partial charge is 1.00 e. The van der Waals surface area contributed by atoms with Crippen molar-refractivity contribution < 1.29 is 26.6 Å². The Morgan fingerprint density at radius 2 is 1.56 bits per heavy atom. The van der Waals surface area contributed by atoms with E-state index in [9.17, 15) is 9.18 Å². The summed E-state index contributed by atoms with van der Waals surface area (Å²) in [7, 11) is 0. The zero-order chi connectivity index (χ0) is 27.1. The van der Waals surface area contributed by atoms with Crippen molar-refractivity contribution in [1.29, 1.82) is 0 Å². The molecule has 202 valence electrons. The number of aromatic nitrogens is 2. The van der Waals surface area contributed by atoms with Crippen LogP contribution in [0.15, 0.2) is 78.9 Å². The van der Waals surface area contributed by atoms with Gasteiger partial charge in [-0.2, -0.15) is 5.10 Å². The minimum atomic E-state index is -0.952. The van der Waals surface area contributed by atoms with Gasteiger partial charge in [0.05, 0.1) is 12.2 Å². The molecule has 0 saturated carbocycles. The van der Waals surface area contributed by atoms with Gasteiger partial charge in [-0.05, 0) is 34.7 Å². The molecule has 8 heteroatoms. The number of hydrogen-bond donors (Lipinski definition) is 1.